The van der Waals surface area contributed by atoms with E-state index in [-0.39, 0.29) is 5.91 Å². The number of hydrogen-bond donors (Lipinski definition) is 1. The molecule has 0 bridgehead atoms. The van der Waals surface area contributed by atoms with E-state index in [1.54, 1.807) is 31.2 Å². The van der Waals surface area contributed by atoms with Gasteiger partial charge in [0.2, 0.25) is 6.10 Å². The molecule has 0 spiro atoms. The zero-order chi connectivity index (χ0) is 16.7. The van der Waals surface area contributed by atoms with Crippen molar-refractivity contribution in [2.75, 3.05) is 5.32 Å². The average molecular weight is 372 g/mol. The third kappa shape index (κ3) is 4.94. The summed E-state index contributed by atoms with van der Waals surface area (Å²) < 4.78 is 0.887. The second-order valence-corrected chi connectivity index (χ2v) is 5.54. The van der Waals surface area contributed by atoms with Gasteiger partial charge in [0.05, 0.1) is 17.8 Å². The minimum absolute atomic E-state index is 0.343. The molecule has 1 atom stereocenters. The predicted molar refractivity (Wildman–Crippen MR) is 92.1 cm³/mol. The maximum absolute atomic E-state index is 12.0. The minimum Gasteiger partial charge on any atom is -0.383 e. The number of rotatable bonds is 5. The Labute approximate surface area is 142 Å². The van der Waals surface area contributed by atoms with Crippen molar-refractivity contribution in [3.63, 3.8) is 0 Å². The summed E-state index contributed by atoms with van der Waals surface area (Å²) in [5, 5.41) is 15.4. The van der Waals surface area contributed by atoms with Crippen molar-refractivity contribution in [2.24, 2.45) is 5.16 Å². The summed E-state index contributed by atoms with van der Waals surface area (Å²) in [5.41, 5.74) is 1.87. The largest absolute Gasteiger partial charge is 0.383 e. The number of carbonyl (C=O) groups excluding carboxylic acids is 1. The van der Waals surface area contributed by atoms with E-state index in [1.807, 2.05) is 30.3 Å². The average Bonchev–Trinajstić information content (AvgIpc) is 2.56. The number of benzene rings is 2. The number of hydrogen-bond acceptors (Lipinski definition) is 4. The van der Waals surface area contributed by atoms with Gasteiger partial charge in [-0.05, 0) is 31.2 Å². The van der Waals surface area contributed by atoms with E-state index < -0.39 is 6.10 Å². The summed E-state index contributed by atoms with van der Waals surface area (Å²) in [4.78, 5) is 17.2. The molecule has 5 nitrogen and oxygen atoms in total. The van der Waals surface area contributed by atoms with Crippen LogP contribution in [-0.2, 0) is 9.63 Å². The highest BCUT2D eigenvalue weighted by molar-refractivity contribution is 9.10. The monoisotopic (exact) mass is 371 g/mol. The Morgan fingerprint density at radius 2 is 2.13 bits per heavy atom. The number of nitrogens with zero attached hydrogens (tertiary/aromatic N) is 2. The SMILES string of the molecule is C[C@H](O/N=C\c1ccccc1Br)C(=O)Nc1cccc(C#N)c1. The predicted octanol–water partition coefficient (Wildman–Crippen LogP) is 3.70. The molecule has 0 aromatic heterocycles. The number of halogens is 1. The van der Waals surface area contributed by atoms with Crippen LogP contribution in [0.5, 0.6) is 0 Å². The zero-order valence-electron chi connectivity index (χ0n) is 12.4. The Morgan fingerprint density at radius 1 is 1.35 bits per heavy atom. The van der Waals surface area contributed by atoms with E-state index in [9.17, 15) is 4.79 Å². The molecule has 0 aliphatic rings. The molecule has 2 rings (SSSR count). The first-order valence-electron chi connectivity index (χ1n) is 6.85. The quantitative estimate of drug-likeness (QED) is 0.643. The summed E-state index contributed by atoms with van der Waals surface area (Å²) in [7, 11) is 0. The standard InChI is InChI=1S/C17H14BrN3O2/c1-12(23-20-11-14-6-2-3-8-16(14)18)17(22)21-15-7-4-5-13(9-15)10-19/h2-9,11-12H,1H3,(H,21,22)/b20-11-/t12-/m0/s1. The van der Waals surface area contributed by atoms with Gasteiger partial charge < -0.3 is 10.2 Å². The third-order valence-corrected chi connectivity index (χ3v) is 3.67. The van der Waals surface area contributed by atoms with E-state index >= 15 is 0 Å². The number of anilines is 1. The first-order valence-corrected chi connectivity index (χ1v) is 7.64. The maximum atomic E-state index is 12.0. The lowest BCUT2D eigenvalue weighted by atomic mass is 10.2. The molecule has 116 valence electrons. The molecule has 0 unspecified atom stereocenters. The van der Waals surface area contributed by atoms with Crippen molar-refractivity contribution in [3.05, 3.63) is 64.1 Å². The molecule has 2 aromatic carbocycles. The van der Waals surface area contributed by atoms with Crippen LogP contribution in [0, 0.1) is 11.3 Å². The molecule has 0 saturated heterocycles. The van der Waals surface area contributed by atoms with E-state index in [1.165, 1.54) is 6.21 Å². The van der Waals surface area contributed by atoms with Crippen LogP contribution in [0.25, 0.3) is 0 Å². The van der Waals surface area contributed by atoms with Crippen LogP contribution in [-0.4, -0.2) is 18.2 Å². The lowest BCUT2D eigenvalue weighted by molar-refractivity contribution is -0.126. The smallest absolute Gasteiger partial charge is 0.267 e. The van der Waals surface area contributed by atoms with E-state index in [0.29, 0.717) is 11.3 Å². The van der Waals surface area contributed by atoms with Crippen LogP contribution in [0.1, 0.15) is 18.1 Å². The van der Waals surface area contributed by atoms with Crippen LogP contribution in [0.4, 0.5) is 5.69 Å². The van der Waals surface area contributed by atoms with Gasteiger partial charge in [0, 0.05) is 15.7 Å². The van der Waals surface area contributed by atoms with Crippen LogP contribution < -0.4 is 5.32 Å². The molecule has 1 amide bonds. The first kappa shape index (κ1) is 16.7. The van der Waals surface area contributed by atoms with Crippen molar-refractivity contribution < 1.29 is 9.63 Å². The molecule has 0 heterocycles. The van der Waals surface area contributed by atoms with Crippen LogP contribution in [0.2, 0.25) is 0 Å². The summed E-state index contributed by atoms with van der Waals surface area (Å²) in [6, 6.07) is 16.2. The van der Waals surface area contributed by atoms with Crippen molar-refractivity contribution in [2.45, 2.75) is 13.0 Å². The highest BCUT2D eigenvalue weighted by atomic mass is 79.9. The molecular formula is C17H14BrN3O2. The van der Waals surface area contributed by atoms with Gasteiger partial charge >= 0.3 is 0 Å². The van der Waals surface area contributed by atoms with Gasteiger partial charge in [0.15, 0.2) is 0 Å². The first-order chi connectivity index (χ1) is 11.1. The molecule has 0 fully saturated rings. The zero-order valence-corrected chi connectivity index (χ0v) is 13.9. The van der Waals surface area contributed by atoms with Crippen LogP contribution in [0.3, 0.4) is 0 Å². The summed E-state index contributed by atoms with van der Waals surface area (Å²) in [6.07, 6.45) is 0.768. The van der Waals surface area contributed by atoms with Crippen molar-refractivity contribution in [1.82, 2.24) is 0 Å². The molecule has 1 N–H and O–H groups in total. The van der Waals surface area contributed by atoms with Gasteiger partial charge in [-0.25, -0.2) is 0 Å². The molecule has 6 heteroatoms. The number of carbonyl (C=O) groups is 1. The second kappa shape index (κ2) is 8.11. The number of nitriles is 1. The fraction of sp³-hybridized carbons (Fsp3) is 0.118. The molecule has 23 heavy (non-hydrogen) atoms. The Hall–Kier alpha value is -2.65. The highest BCUT2D eigenvalue weighted by Gasteiger charge is 2.14. The number of oxime groups is 1. The van der Waals surface area contributed by atoms with Crippen LogP contribution >= 0.6 is 15.9 Å². The number of nitrogens with one attached hydrogen (secondary N) is 1. The Kier molecular flexibility index (Phi) is 5.89. The highest BCUT2D eigenvalue weighted by Crippen LogP contribution is 2.14. The van der Waals surface area contributed by atoms with Gasteiger partial charge in [-0.3, -0.25) is 4.79 Å². The fourth-order valence-corrected chi connectivity index (χ4v) is 2.10. The van der Waals surface area contributed by atoms with E-state index in [2.05, 4.69) is 26.4 Å². The maximum Gasteiger partial charge on any atom is 0.267 e. The van der Waals surface area contributed by atoms with Gasteiger partial charge in [-0.1, -0.05) is 45.4 Å². The Morgan fingerprint density at radius 3 is 2.87 bits per heavy atom. The molecule has 0 aliphatic carbocycles. The lowest BCUT2D eigenvalue weighted by Crippen LogP contribution is -2.26. The molecular weight excluding hydrogens is 358 g/mol. The van der Waals surface area contributed by atoms with Gasteiger partial charge in [-0.15, -0.1) is 0 Å². The lowest BCUT2D eigenvalue weighted by Gasteiger charge is -2.10. The summed E-state index contributed by atoms with van der Waals surface area (Å²) in [5.74, 6) is -0.343. The van der Waals surface area contributed by atoms with Crippen molar-refractivity contribution >= 4 is 33.7 Å². The van der Waals surface area contributed by atoms with E-state index in [4.69, 9.17) is 10.1 Å². The second-order valence-electron chi connectivity index (χ2n) is 4.69. The van der Waals surface area contributed by atoms with Gasteiger partial charge in [0.25, 0.3) is 5.91 Å². The molecule has 2 aromatic rings. The van der Waals surface area contributed by atoms with Gasteiger partial charge in [-0.2, -0.15) is 5.26 Å². The third-order valence-electron chi connectivity index (χ3n) is 2.94. The minimum atomic E-state index is -0.764. The topological polar surface area (TPSA) is 74.5 Å². The van der Waals surface area contributed by atoms with Gasteiger partial charge in [0.1, 0.15) is 0 Å². The van der Waals surface area contributed by atoms with Crippen LogP contribution in [0.15, 0.2) is 58.2 Å². The van der Waals surface area contributed by atoms with Crippen molar-refractivity contribution in [1.29, 1.82) is 5.26 Å². The number of amides is 1. The fourth-order valence-electron chi connectivity index (χ4n) is 1.72. The normalized spacial score (nSPS) is 11.7. The summed E-state index contributed by atoms with van der Waals surface area (Å²) in [6.45, 7) is 1.60. The molecule has 0 aliphatic heterocycles. The Bertz CT molecular complexity index is 768. The molecule has 0 saturated carbocycles. The Balaban J connectivity index is 1.92. The van der Waals surface area contributed by atoms with E-state index in [0.717, 1.165) is 10.0 Å². The van der Waals surface area contributed by atoms with Crippen molar-refractivity contribution in [3.8, 4) is 6.07 Å². The molecule has 0 radical (unpaired) electrons. The summed E-state index contributed by atoms with van der Waals surface area (Å²) >= 11 is 3.40.